The maximum absolute atomic E-state index is 12.2. The highest BCUT2D eigenvalue weighted by Crippen LogP contribution is 2.23. The number of likely N-dealkylation sites (N-methyl/N-ethyl adjacent to an activating group) is 1. The number of nitrogens with zero attached hydrogens (tertiary/aromatic N) is 1. The zero-order valence-electron chi connectivity index (χ0n) is 10.2. The van der Waals surface area contributed by atoms with E-state index in [1.165, 1.54) is 0 Å². The van der Waals surface area contributed by atoms with E-state index in [1.54, 1.807) is 11.9 Å². The number of benzene rings is 1. The third-order valence-electron chi connectivity index (χ3n) is 3.53. The van der Waals surface area contributed by atoms with Gasteiger partial charge in [-0.2, -0.15) is 0 Å². The Hall–Kier alpha value is -1.35. The average molecular weight is 233 g/mol. The van der Waals surface area contributed by atoms with Crippen molar-refractivity contribution in [2.45, 2.75) is 37.8 Å². The van der Waals surface area contributed by atoms with Crippen LogP contribution >= 0.6 is 0 Å². The van der Waals surface area contributed by atoms with Crippen molar-refractivity contribution in [3.8, 4) is 0 Å². The van der Waals surface area contributed by atoms with Crippen molar-refractivity contribution in [3.05, 3.63) is 35.9 Å². The molecule has 0 heterocycles. The number of rotatable bonds is 2. The number of amides is 1. The number of carbonyl (C=O) groups is 1. The molecule has 1 aliphatic carbocycles. The molecule has 0 aromatic heterocycles. The molecule has 1 saturated carbocycles. The van der Waals surface area contributed by atoms with Gasteiger partial charge in [0.2, 0.25) is 0 Å². The van der Waals surface area contributed by atoms with Crippen LogP contribution in [0.15, 0.2) is 30.3 Å². The highest BCUT2D eigenvalue weighted by molar-refractivity contribution is 5.94. The first-order chi connectivity index (χ1) is 8.20. The van der Waals surface area contributed by atoms with E-state index < -0.39 is 0 Å². The Morgan fingerprint density at radius 3 is 2.53 bits per heavy atom. The molecule has 92 valence electrons. The van der Waals surface area contributed by atoms with Crippen LogP contribution in [0.3, 0.4) is 0 Å². The van der Waals surface area contributed by atoms with Crippen LogP contribution in [0, 0.1) is 0 Å². The molecule has 1 aromatic carbocycles. The van der Waals surface area contributed by atoms with Crippen molar-refractivity contribution in [1.82, 2.24) is 4.90 Å². The summed E-state index contributed by atoms with van der Waals surface area (Å²) in [7, 11) is 1.79. The number of hydrogen-bond acceptors (Lipinski definition) is 2. The molecule has 0 spiro atoms. The smallest absolute Gasteiger partial charge is 0.253 e. The van der Waals surface area contributed by atoms with Crippen LogP contribution in [0.1, 0.15) is 36.0 Å². The molecule has 0 bridgehead atoms. The fourth-order valence-electron chi connectivity index (χ4n) is 2.48. The summed E-state index contributed by atoms with van der Waals surface area (Å²) in [6.45, 7) is 0. The lowest BCUT2D eigenvalue weighted by atomic mass is 9.91. The molecular formula is C14H19NO2. The third-order valence-corrected chi connectivity index (χ3v) is 3.53. The van der Waals surface area contributed by atoms with Crippen molar-refractivity contribution in [2.24, 2.45) is 0 Å². The predicted octanol–water partition coefficient (Wildman–Crippen LogP) is 2.06. The number of carbonyl (C=O) groups excluding carboxylic acids is 1. The Bertz CT molecular complexity index is 377. The number of hydrogen-bond donors (Lipinski definition) is 1. The predicted molar refractivity (Wildman–Crippen MR) is 66.8 cm³/mol. The summed E-state index contributed by atoms with van der Waals surface area (Å²) in [5, 5.41) is 9.94. The van der Waals surface area contributed by atoms with E-state index in [0.29, 0.717) is 5.56 Å². The monoisotopic (exact) mass is 233 g/mol. The van der Waals surface area contributed by atoms with E-state index in [4.69, 9.17) is 0 Å². The van der Waals surface area contributed by atoms with Crippen LogP contribution in [0.4, 0.5) is 0 Å². The van der Waals surface area contributed by atoms with Gasteiger partial charge in [0.1, 0.15) is 0 Å². The number of aliphatic hydroxyl groups is 1. The highest BCUT2D eigenvalue weighted by atomic mass is 16.3. The zero-order valence-corrected chi connectivity index (χ0v) is 10.2. The van der Waals surface area contributed by atoms with E-state index in [0.717, 1.165) is 25.7 Å². The lowest BCUT2D eigenvalue weighted by molar-refractivity contribution is 0.0268. The van der Waals surface area contributed by atoms with E-state index in [1.807, 2.05) is 30.3 Å². The van der Waals surface area contributed by atoms with Gasteiger partial charge in [0, 0.05) is 12.6 Å². The van der Waals surface area contributed by atoms with Crippen LogP contribution in [-0.4, -0.2) is 35.1 Å². The standard InChI is InChI=1S/C14H19NO2/c1-15(12-9-5-6-10-13(12)16)14(17)11-7-3-2-4-8-11/h2-4,7-8,12-13,16H,5-6,9-10H2,1H3. The van der Waals surface area contributed by atoms with Gasteiger partial charge in [-0.25, -0.2) is 0 Å². The van der Waals surface area contributed by atoms with E-state index >= 15 is 0 Å². The summed E-state index contributed by atoms with van der Waals surface area (Å²) in [6, 6.07) is 9.21. The molecule has 0 saturated heterocycles. The van der Waals surface area contributed by atoms with Gasteiger partial charge in [-0.3, -0.25) is 4.79 Å². The molecule has 2 rings (SSSR count). The third kappa shape index (κ3) is 2.67. The Morgan fingerprint density at radius 1 is 1.24 bits per heavy atom. The molecular weight excluding hydrogens is 214 g/mol. The molecule has 1 aliphatic rings. The van der Waals surface area contributed by atoms with Crippen molar-refractivity contribution in [1.29, 1.82) is 0 Å². The van der Waals surface area contributed by atoms with Gasteiger partial charge in [0.05, 0.1) is 12.1 Å². The summed E-state index contributed by atoms with van der Waals surface area (Å²) in [6.07, 6.45) is 3.48. The van der Waals surface area contributed by atoms with Crippen molar-refractivity contribution in [2.75, 3.05) is 7.05 Å². The van der Waals surface area contributed by atoms with Crippen LogP contribution in [0.25, 0.3) is 0 Å². The first-order valence-electron chi connectivity index (χ1n) is 6.20. The normalized spacial score (nSPS) is 24.4. The Labute approximate surface area is 102 Å². The van der Waals surface area contributed by atoms with Crippen LogP contribution < -0.4 is 0 Å². The van der Waals surface area contributed by atoms with Crippen molar-refractivity contribution < 1.29 is 9.90 Å². The lowest BCUT2D eigenvalue weighted by Gasteiger charge is -2.35. The summed E-state index contributed by atoms with van der Waals surface area (Å²) in [5.41, 5.74) is 0.688. The summed E-state index contributed by atoms with van der Waals surface area (Å²) in [5.74, 6) is -0.00319. The van der Waals surface area contributed by atoms with Gasteiger partial charge in [-0.15, -0.1) is 0 Å². The van der Waals surface area contributed by atoms with Crippen LogP contribution in [0.5, 0.6) is 0 Å². The van der Waals surface area contributed by atoms with Crippen molar-refractivity contribution in [3.63, 3.8) is 0 Å². The lowest BCUT2D eigenvalue weighted by Crippen LogP contribution is -2.46. The minimum Gasteiger partial charge on any atom is -0.391 e. The molecule has 1 N–H and O–H groups in total. The van der Waals surface area contributed by atoms with Crippen LogP contribution in [-0.2, 0) is 0 Å². The summed E-state index contributed by atoms with van der Waals surface area (Å²) in [4.78, 5) is 13.9. The largest absolute Gasteiger partial charge is 0.391 e. The van der Waals surface area contributed by atoms with Gasteiger partial charge in [0.25, 0.3) is 5.91 Å². The molecule has 1 amide bonds. The molecule has 2 atom stereocenters. The summed E-state index contributed by atoms with van der Waals surface area (Å²) < 4.78 is 0. The van der Waals surface area contributed by atoms with Gasteiger partial charge in [-0.1, -0.05) is 31.0 Å². The Morgan fingerprint density at radius 2 is 1.88 bits per heavy atom. The van der Waals surface area contributed by atoms with E-state index in [2.05, 4.69) is 0 Å². The second-order valence-corrected chi connectivity index (χ2v) is 4.70. The quantitative estimate of drug-likeness (QED) is 0.849. The second kappa shape index (κ2) is 5.32. The fraction of sp³-hybridized carbons (Fsp3) is 0.500. The molecule has 0 radical (unpaired) electrons. The minimum atomic E-state index is -0.374. The molecule has 2 unspecified atom stereocenters. The van der Waals surface area contributed by atoms with Crippen molar-refractivity contribution >= 4 is 5.91 Å². The molecule has 1 fully saturated rings. The maximum Gasteiger partial charge on any atom is 0.253 e. The molecule has 0 aliphatic heterocycles. The van der Waals surface area contributed by atoms with Gasteiger partial charge >= 0.3 is 0 Å². The zero-order chi connectivity index (χ0) is 12.3. The molecule has 1 aromatic rings. The Balaban J connectivity index is 2.09. The SMILES string of the molecule is CN(C(=O)c1ccccc1)C1CCCCC1O. The van der Waals surface area contributed by atoms with Gasteiger partial charge in [-0.05, 0) is 25.0 Å². The fourth-order valence-corrected chi connectivity index (χ4v) is 2.48. The number of aliphatic hydroxyl groups excluding tert-OH is 1. The molecule has 3 heteroatoms. The average Bonchev–Trinajstić information content (AvgIpc) is 2.39. The Kier molecular flexibility index (Phi) is 3.79. The van der Waals surface area contributed by atoms with E-state index in [9.17, 15) is 9.90 Å². The summed E-state index contributed by atoms with van der Waals surface area (Å²) >= 11 is 0. The first kappa shape index (κ1) is 12.1. The second-order valence-electron chi connectivity index (χ2n) is 4.70. The van der Waals surface area contributed by atoms with Crippen LogP contribution in [0.2, 0.25) is 0 Å². The topological polar surface area (TPSA) is 40.5 Å². The molecule has 17 heavy (non-hydrogen) atoms. The molecule has 3 nitrogen and oxygen atoms in total. The first-order valence-corrected chi connectivity index (χ1v) is 6.20. The van der Waals surface area contributed by atoms with Gasteiger partial charge in [0.15, 0.2) is 0 Å². The highest BCUT2D eigenvalue weighted by Gasteiger charge is 2.29. The van der Waals surface area contributed by atoms with Gasteiger partial charge < -0.3 is 10.0 Å². The minimum absolute atomic E-state index is 0.00319. The van der Waals surface area contributed by atoms with E-state index in [-0.39, 0.29) is 18.1 Å². The maximum atomic E-state index is 12.2.